The number of aromatic nitrogens is 2. The molecule has 2 aliphatic rings. The van der Waals surface area contributed by atoms with Gasteiger partial charge in [0.05, 0.1) is 24.6 Å². The minimum Gasteiger partial charge on any atom is -0.379 e. The molecule has 4 nitrogen and oxygen atoms in total. The second kappa shape index (κ2) is 5.84. The van der Waals surface area contributed by atoms with E-state index in [0.29, 0.717) is 0 Å². The smallest absolute Gasteiger partial charge is 0.0970 e. The number of benzene rings is 1. The quantitative estimate of drug-likeness (QED) is 0.622. The SMILES string of the molecule is c1cc(-c2n[nH]c3c2Cc2cc(CN4CCOCC4)ccc2-3)cs1. The second-order valence-corrected chi connectivity index (χ2v) is 7.27. The number of rotatable bonds is 3. The maximum Gasteiger partial charge on any atom is 0.0970 e. The predicted molar refractivity (Wildman–Crippen MR) is 96.2 cm³/mol. The largest absolute Gasteiger partial charge is 0.379 e. The van der Waals surface area contributed by atoms with E-state index in [4.69, 9.17) is 4.74 Å². The van der Waals surface area contributed by atoms with Gasteiger partial charge in [-0.25, -0.2) is 0 Å². The molecule has 0 unspecified atom stereocenters. The first-order valence-corrected chi connectivity index (χ1v) is 9.35. The Balaban J connectivity index is 1.43. The fraction of sp³-hybridized carbons (Fsp3) is 0.316. The van der Waals surface area contributed by atoms with Gasteiger partial charge in [-0.15, -0.1) is 0 Å². The monoisotopic (exact) mass is 337 g/mol. The van der Waals surface area contributed by atoms with Crippen LogP contribution < -0.4 is 0 Å². The summed E-state index contributed by atoms with van der Waals surface area (Å²) in [5.74, 6) is 0. The summed E-state index contributed by atoms with van der Waals surface area (Å²) >= 11 is 1.72. The molecule has 1 saturated heterocycles. The van der Waals surface area contributed by atoms with Gasteiger partial charge in [-0.2, -0.15) is 16.4 Å². The number of H-pyrrole nitrogens is 1. The zero-order valence-corrected chi connectivity index (χ0v) is 14.2. The highest BCUT2D eigenvalue weighted by Gasteiger charge is 2.25. The molecule has 24 heavy (non-hydrogen) atoms. The van der Waals surface area contributed by atoms with E-state index >= 15 is 0 Å². The van der Waals surface area contributed by atoms with E-state index in [0.717, 1.165) is 45.0 Å². The Bertz CT molecular complexity index is 863. The Kier molecular flexibility index (Phi) is 3.51. The lowest BCUT2D eigenvalue weighted by Gasteiger charge is -2.26. The summed E-state index contributed by atoms with van der Waals surface area (Å²) in [4.78, 5) is 2.47. The first-order valence-electron chi connectivity index (χ1n) is 8.40. The Morgan fingerprint density at radius 3 is 2.96 bits per heavy atom. The first-order chi connectivity index (χ1) is 11.9. The molecule has 5 rings (SSSR count). The van der Waals surface area contributed by atoms with E-state index in [1.807, 2.05) is 0 Å². The number of fused-ring (bicyclic) bond motifs is 3. The van der Waals surface area contributed by atoms with Crippen LogP contribution in [-0.2, 0) is 17.7 Å². The highest BCUT2D eigenvalue weighted by molar-refractivity contribution is 7.08. The zero-order chi connectivity index (χ0) is 15.9. The lowest BCUT2D eigenvalue weighted by atomic mass is 10.0. The minimum atomic E-state index is 0.852. The number of morpholine rings is 1. The van der Waals surface area contributed by atoms with Crippen LogP contribution in [0.5, 0.6) is 0 Å². The average Bonchev–Trinajstić information content (AvgIpc) is 3.31. The van der Waals surface area contributed by atoms with E-state index in [2.05, 4.69) is 50.1 Å². The first kappa shape index (κ1) is 14.4. The van der Waals surface area contributed by atoms with Crippen LogP contribution in [0.15, 0.2) is 35.0 Å². The number of nitrogens with zero attached hydrogens (tertiary/aromatic N) is 2. The minimum absolute atomic E-state index is 0.852. The van der Waals surface area contributed by atoms with Gasteiger partial charge in [0.25, 0.3) is 0 Å². The molecule has 3 aromatic rings. The van der Waals surface area contributed by atoms with Crippen LogP contribution in [0.2, 0.25) is 0 Å². The fourth-order valence-electron chi connectivity index (χ4n) is 3.74. The van der Waals surface area contributed by atoms with Crippen LogP contribution in [0, 0.1) is 0 Å². The molecule has 1 aromatic carbocycles. The maximum atomic E-state index is 5.44. The predicted octanol–water partition coefficient (Wildman–Crippen LogP) is 3.54. The summed E-state index contributed by atoms with van der Waals surface area (Å²) in [6, 6.07) is 9.03. The summed E-state index contributed by atoms with van der Waals surface area (Å²) in [6.45, 7) is 4.78. The van der Waals surface area contributed by atoms with Crippen LogP contribution >= 0.6 is 11.3 Å². The van der Waals surface area contributed by atoms with Crippen LogP contribution in [0.4, 0.5) is 0 Å². The lowest BCUT2D eigenvalue weighted by Crippen LogP contribution is -2.35. The van der Waals surface area contributed by atoms with Gasteiger partial charge in [0.1, 0.15) is 0 Å². The van der Waals surface area contributed by atoms with Crippen LogP contribution in [-0.4, -0.2) is 41.4 Å². The highest BCUT2D eigenvalue weighted by atomic mass is 32.1. The number of ether oxygens (including phenoxy) is 1. The average molecular weight is 337 g/mol. The number of nitrogens with one attached hydrogen (secondary N) is 1. The Morgan fingerprint density at radius 2 is 2.12 bits per heavy atom. The molecule has 1 N–H and O–H groups in total. The topological polar surface area (TPSA) is 41.2 Å². The molecular formula is C19H19N3OS. The van der Waals surface area contributed by atoms with Crippen LogP contribution in [0.3, 0.4) is 0 Å². The summed E-state index contributed by atoms with van der Waals surface area (Å²) in [6.07, 6.45) is 0.975. The molecule has 5 heteroatoms. The third-order valence-corrected chi connectivity index (χ3v) is 5.66. The van der Waals surface area contributed by atoms with Crippen molar-refractivity contribution < 1.29 is 4.74 Å². The molecule has 3 heterocycles. The maximum absolute atomic E-state index is 5.44. The third-order valence-electron chi connectivity index (χ3n) is 4.98. The molecule has 122 valence electrons. The molecule has 0 radical (unpaired) electrons. The Morgan fingerprint density at radius 1 is 1.21 bits per heavy atom. The number of hydrogen-bond acceptors (Lipinski definition) is 4. The van der Waals surface area contributed by atoms with E-state index in [1.54, 1.807) is 11.3 Å². The Labute approximate surface area is 145 Å². The molecule has 0 spiro atoms. The zero-order valence-electron chi connectivity index (χ0n) is 13.4. The number of aromatic amines is 1. The van der Waals surface area contributed by atoms with E-state index in [9.17, 15) is 0 Å². The molecule has 0 atom stereocenters. The molecule has 1 aliphatic heterocycles. The van der Waals surface area contributed by atoms with Crippen molar-refractivity contribution >= 4 is 11.3 Å². The summed E-state index contributed by atoms with van der Waals surface area (Å²) in [5.41, 5.74) is 8.99. The van der Waals surface area contributed by atoms with Gasteiger partial charge in [0, 0.05) is 48.1 Å². The van der Waals surface area contributed by atoms with Crippen LogP contribution in [0.1, 0.15) is 16.7 Å². The van der Waals surface area contributed by atoms with Crippen molar-refractivity contribution in [3.63, 3.8) is 0 Å². The van der Waals surface area contributed by atoms with E-state index in [-0.39, 0.29) is 0 Å². The van der Waals surface area contributed by atoms with Gasteiger partial charge >= 0.3 is 0 Å². The molecule has 0 saturated carbocycles. The van der Waals surface area contributed by atoms with E-state index < -0.39 is 0 Å². The van der Waals surface area contributed by atoms with Crippen molar-refractivity contribution in [1.82, 2.24) is 15.1 Å². The van der Waals surface area contributed by atoms with E-state index in [1.165, 1.54) is 33.5 Å². The van der Waals surface area contributed by atoms with Crippen molar-refractivity contribution in [3.05, 3.63) is 51.7 Å². The molecule has 0 amide bonds. The van der Waals surface area contributed by atoms with Crippen molar-refractivity contribution in [1.29, 1.82) is 0 Å². The molecule has 1 fully saturated rings. The normalized spacial score (nSPS) is 17.0. The molecule has 1 aliphatic carbocycles. The van der Waals surface area contributed by atoms with Gasteiger partial charge < -0.3 is 4.74 Å². The molecule has 0 bridgehead atoms. The van der Waals surface area contributed by atoms with Gasteiger partial charge in [0.15, 0.2) is 0 Å². The standard InChI is InChI=1S/C19H19N3OS/c1-2-16-15(9-13(1)11-22-4-6-23-7-5-22)10-17-18(20-21-19(16)17)14-3-8-24-12-14/h1-3,8-9,12H,4-7,10-11H2,(H,20,21). The summed E-state index contributed by atoms with van der Waals surface area (Å²) in [5, 5.41) is 12.1. The summed E-state index contributed by atoms with van der Waals surface area (Å²) < 4.78 is 5.44. The number of hydrogen-bond donors (Lipinski definition) is 1. The van der Waals surface area contributed by atoms with Crippen molar-refractivity contribution in [2.45, 2.75) is 13.0 Å². The number of thiophene rings is 1. The van der Waals surface area contributed by atoms with Gasteiger partial charge in [0.2, 0.25) is 0 Å². The van der Waals surface area contributed by atoms with Crippen molar-refractivity contribution in [3.8, 4) is 22.5 Å². The third kappa shape index (κ3) is 2.40. The fourth-order valence-corrected chi connectivity index (χ4v) is 4.38. The van der Waals surface area contributed by atoms with Gasteiger partial charge in [-0.3, -0.25) is 10.00 Å². The second-order valence-electron chi connectivity index (χ2n) is 6.49. The summed E-state index contributed by atoms with van der Waals surface area (Å²) in [7, 11) is 0. The Hall–Kier alpha value is -1.95. The molecular weight excluding hydrogens is 318 g/mol. The van der Waals surface area contributed by atoms with Crippen molar-refractivity contribution in [2.24, 2.45) is 0 Å². The van der Waals surface area contributed by atoms with Gasteiger partial charge in [-0.1, -0.05) is 18.2 Å². The highest BCUT2D eigenvalue weighted by Crippen LogP contribution is 2.40. The van der Waals surface area contributed by atoms with Crippen molar-refractivity contribution in [2.75, 3.05) is 26.3 Å². The van der Waals surface area contributed by atoms with Crippen LogP contribution in [0.25, 0.3) is 22.5 Å². The lowest BCUT2D eigenvalue weighted by molar-refractivity contribution is 0.0342. The van der Waals surface area contributed by atoms with Gasteiger partial charge in [-0.05, 0) is 22.6 Å². The molecule has 2 aromatic heterocycles.